The molecule has 29 heavy (non-hydrogen) atoms. The quantitative estimate of drug-likeness (QED) is 0.567. The molecule has 0 spiro atoms. The molecule has 4 rings (SSSR count). The summed E-state index contributed by atoms with van der Waals surface area (Å²) in [7, 11) is 1.61. The minimum atomic E-state index is -0.459. The van der Waals surface area contributed by atoms with Crippen LogP contribution < -0.4 is 9.64 Å². The van der Waals surface area contributed by atoms with Crippen LogP contribution in [0.3, 0.4) is 0 Å². The van der Waals surface area contributed by atoms with E-state index in [0.717, 1.165) is 23.4 Å². The molecule has 1 unspecified atom stereocenters. The van der Waals surface area contributed by atoms with Gasteiger partial charge < -0.3 is 4.74 Å². The maximum absolute atomic E-state index is 13.4. The number of nitrogens with one attached hydrogen (secondary N) is 1. The number of H-pyrrole nitrogens is 1. The fraction of sp³-hybridized carbons (Fsp3) is 0.273. The Morgan fingerprint density at radius 1 is 1.10 bits per heavy atom. The van der Waals surface area contributed by atoms with Crippen molar-refractivity contribution in [1.29, 1.82) is 0 Å². The maximum atomic E-state index is 13.4. The van der Waals surface area contributed by atoms with E-state index in [1.54, 1.807) is 30.2 Å². The van der Waals surface area contributed by atoms with E-state index in [-0.39, 0.29) is 5.91 Å². The SMILES string of the molecule is COc1ccc(N2C(=O)c3[nH]nc(CC(C)C)c3C2c2c(Cl)cccc2Cl)cc1. The Kier molecular flexibility index (Phi) is 5.28. The van der Waals surface area contributed by atoms with Gasteiger partial charge in [0.05, 0.1) is 18.8 Å². The van der Waals surface area contributed by atoms with Gasteiger partial charge in [-0.3, -0.25) is 14.8 Å². The van der Waals surface area contributed by atoms with Gasteiger partial charge in [-0.2, -0.15) is 5.10 Å². The molecule has 0 aliphatic carbocycles. The number of aromatic amines is 1. The summed E-state index contributed by atoms with van der Waals surface area (Å²) in [6, 6.07) is 12.3. The summed E-state index contributed by atoms with van der Waals surface area (Å²) >= 11 is 13.2. The van der Waals surface area contributed by atoms with Gasteiger partial charge in [0, 0.05) is 26.9 Å². The van der Waals surface area contributed by atoms with Crippen LogP contribution in [0.1, 0.15) is 47.2 Å². The highest BCUT2D eigenvalue weighted by Crippen LogP contribution is 2.47. The third kappa shape index (κ3) is 3.38. The maximum Gasteiger partial charge on any atom is 0.277 e. The van der Waals surface area contributed by atoms with E-state index in [9.17, 15) is 4.79 Å². The van der Waals surface area contributed by atoms with E-state index in [1.807, 2.05) is 24.3 Å². The third-order valence-corrected chi connectivity index (χ3v) is 5.73. The van der Waals surface area contributed by atoms with Gasteiger partial charge >= 0.3 is 0 Å². The minimum absolute atomic E-state index is 0.159. The summed E-state index contributed by atoms with van der Waals surface area (Å²) < 4.78 is 5.26. The molecule has 3 aromatic rings. The van der Waals surface area contributed by atoms with Crippen molar-refractivity contribution < 1.29 is 9.53 Å². The fourth-order valence-electron chi connectivity index (χ4n) is 3.81. The number of carbonyl (C=O) groups is 1. The molecule has 1 aliphatic rings. The number of nitrogens with zero attached hydrogens (tertiary/aromatic N) is 2. The standard InChI is InChI=1S/C22H21Cl2N3O2/c1-12(2)11-17-19-20(26-25-17)22(28)27(13-7-9-14(29-3)10-8-13)21(19)18-15(23)5-4-6-16(18)24/h4-10,12,21H,11H2,1-3H3,(H,25,26). The average Bonchev–Trinajstić information content (AvgIpc) is 3.21. The number of anilines is 1. The summed E-state index contributed by atoms with van der Waals surface area (Å²) in [5.74, 6) is 0.942. The lowest BCUT2D eigenvalue weighted by Gasteiger charge is -2.28. The van der Waals surface area contributed by atoms with Gasteiger partial charge in [0.2, 0.25) is 0 Å². The van der Waals surface area contributed by atoms with Gasteiger partial charge in [-0.1, -0.05) is 43.1 Å². The van der Waals surface area contributed by atoms with Crippen molar-refractivity contribution in [3.05, 3.63) is 75.0 Å². The molecule has 1 amide bonds. The zero-order valence-corrected chi connectivity index (χ0v) is 17.9. The molecule has 0 fully saturated rings. The molecule has 0 radical (unpaired) electrons. The molecule has 7 heteroatoms. The molecular weight excluding hydrogens is 409 g/mol. The van der Waals surface area contributed by atoms with Crippen LogP contribution in [0.2, 0.25) is 10.0 Å². The first-order valence-corrected chi connectivity index (χ1v) is 10.2. The molecule has 150 valence electrons. The topological polar surface area (TPSA) is 58.2 Å². The van der Waals surface area contributed by atoms with Crippen molar-refractivity contribution in [3.63, 3.8) is 0 Å². The van der Waals surface area contributed by atoms with Crippen LogP contribution in [0.4, 0.5) is 5.69 Å². The van der Waals surface area contributed by atoms with E-state index in [2.05, 4.69) is 24.0 Å². The number of benzene rings is 2. The van der Waals surface area contributed by atoms with Crippen molar-refractivity contribution in [1.82, 2.24) is 10.2 Å². The number of ether oxygens (including phenoxy) is 1. The number of hydrogen-bond acceptors (Lipinski definition) is 3. The number of methoxy groups -OCH3 is 1. The van der Waals surface area contributed by atoms with Crippen LogP contribution in [0.15, 0.2) is 42.5 Å². The summed E-state index contributed by atoms with van der Waals surface area (Å²) in [6.07, 6.45) is 0.744. The van der Waals surface area contributed by atoms with Crippen LogP contribution in [0.25, 0.3) is 0 Å². The summed E-state index contributed by atoms with van der Waals surface area (Å²) in [4.78, 5) is 15.1. The van der Waals surface area contributed by atoms with Crippen molar-refractivity contribution in [2.45, 2.75) is 26.3 Å². The van der Waals surface area contributed by atoms with Gasteiger partial charge in [-0.15, -0.1) is 0 Å². The van der Waals surface area contributed by atoms with Gasteiger partial charge in [0.1, 0.15) is 11.4 Å². The smallest absolute Gasteiger partial charge is 0.277 e. The van der Waals surface area contributed by atoms with E-state index < -0.39 is 6.04 Å². The second-order valence-electron chi connectivity index (χ2n) is 7.47. The fourth-order valence-corrected chi connectivity index (χ4v) is 4.41. The summed E-state index contributed by atoms with van der Waals surface area (Å²) in [5.41, 5.74) is 3.62. The first kappa shape index (κ1) is 19.8. The Labute approximate surface area is 179 Å². The normalized spacial score (nSPS) is 15.9. The third-order valence-electron chi connectivity index (χ3n) is 5.07. The second kappa shape index (κ2) is 7.73. The number of carbonyl (C=O) groups excluding carboxylic acids is 1. The van der Waals surface area contributed by atoms with E-state index in [0.29, 0.717) is 33.0 Å². The van der Waals surface area contributed by atoms with E-state index in [1.165, 1.54) is 0 Å². The summed E-state index contributed by atoms with van der Waals surface area (Å²) in [6.45, 7) is 4.24. The molecule has 1 atom stereocenters. The molecule has 5 nitrogen and oxygen atoms in total. The van der Waals surface area contributed by atoms with E-state index >= 15 is 0 Å². The predicted octanol–water partition coefficient (Wildman–Crippen LogP) is 5.67. The van der Waals surface area contributed by atoms with Gasteiger partial charge in [-0.25, -0.2) is 0 Å². The van der Waals surface area contributed by atoms with Crippen molar-refractivity contribution in [3.8, 4) is 5.75 Å². The monoisotopic (exact) mass is 429 g/mol. The lowest BCUT2D eigenvalue weighted by Crippen LogP contribution is -2.30. The highest BCUT2D eigenvalue weighted by Gasteiger charge is 2.44. The average molecular weight is 430 g/mol. The Balaban J connectivity index is 1.92. The number of amides is 1. The van der Waals surface area contributed by atoms with Crippen LogP contribution >= 0.6 is 23.2 Å². The Morgan fingerprint density at radius 3 is 2.34 bits per heavy atom. The lowest BCUT2D eigenvalue weighted by molar-refractivity contribution is 0.0988. The summed E-state index contributed by atoms with van der Waals surface area (Å²) in [5, 5.41) is 8.42. The zero-order valence-electron chi connectivity index (χ0n) is 16.4. The molecule has 1 aromatic heterocycles. The van der Waals surface area contributed by atoms with Gasteiger partial charge in [0.25, 0.3) is 5.91 Å². The molecule has 0 saturated heterocycles. The Bertz CT molecular complexity index is 1040. The Hall–Kier alpha value is -2.50. The number of rotatable bonds is 5. The predicted molar refractivity (Wildman–Crippen MR) is 115 cm³/mol. The highest BCUT2D eigenvalue weighted by molar-refractivity contribution is 6.36. The molecule has 0 bridgehead atoms. The van der Waals surface area contributed by atoms with Crippen LogP contribution in [0.5, 0.6) is 5.75 Å². The van der Waals surface area contributed by atoms with E-state index in [4.69, 9.17) is 27.9 Å². The largest absolute Gasteiger partial charge is 0.497 e. The molecule has 2 heterocycles. The molecule has 0 saturated carbocycles. The first-order chi connectivity index (χ1) is 13.9. The van der Waals surface area contributed by atoms with Gasteiger partial charge in [0.15, 0.2) is 0 Å². The van der Waals surface area contributed by atoms with Crippen LogP contribution in [0, 0.1) is 5.92 Å². The Morgan fingerprint density at radius 2 is 1.76 bits per heavy atom. The minimum Gasteiger partial charge on any atom is -0.497 e. The van der Waals surface area contributed by atoms with Gasteiger partial charge in [-0.05, 0) is 48.7 Å². The number of aromatic nitrogens is 2. The van der Waals surface area contributed by atoms with Crippen molar-refractivity contribution >= 4 is 34.8 Å². The van der Waals surface area contributed by atoms with Crippen molar-refractivity contribution in [2.24, 2.45) is 5.92 Å². The number of halogens is 2. The number of fused-ring (bicyclic) bond motifs is 1. The first-order valence-electron chi connectivity index (χ1n) is 9.41. The van der Waals surface area contributed by atoms with Crippen LogP contribution in [-0.2, 0) is 6.42 Å². The molecule has 1 N–H and O–H groups in total. The lowest BCUT2D eigenvalue weighted by atomic mass is 9.95. The molecular formula is C22H21Cl2N3O2. The molecule has 1 aliphatic heterocycles. The van der Waals surface area contributed by atoms with Crippen LogP contribution in [-0.4, -0.2) is 23.2 Å². The molecule has 2 aromatic carbocycles. The number of hydrogen-bond donors (Lipinski definition) is 1. The second-order valence-corrected chi connectivity index (χ2v) is 8.28. The zero-order chi connectivity index (χ0) is 20.7. The van der Waals surface area contributed by atoms with Crippen molar-refractivity contribution in [2.75, 3.05) is 12.0 Å². The highest BCUT2D eigenvalue weighted by atomic mass is 35.5.